The number of rotatable bonds is 5. The van der Waals surface area contributed by atoms with Gasteiger partial charge in [0.15, 0.2) is 0 Å². The van der Waals surface area contributed by atoms with Crippen LogP contribution in [0.4, 0.5) is 5.69 Å². The van der Waals surface area contributed by atoms with Gasteiger partial charge in [0, 0.05) is 23.2 Å². The fourth-order valence-electron chi connectivity index (χ4n) is 3.25. The molecular weight excluding hydrogens is 360 g/mol. The molecule has 0 saturated heterocycles. The van der Waals surface area contributed by atoms with Crippen LogP contribution in [-0.2, 0) is 4.79 Å². The molecule has 1 N–H and O–H groups in total. The fraction of sp³-hybridized carbons (Fsp3) is 0.273. The summed E-state index contributed by atoms with van der Waals surface area (Å²) in [5.41, 5.74) is 4.24. The van der Waals surface area contributed by atoms with Crippen LogP contribution in [0.25, 0.3) is 0 Å². The topological polar surface area (TPSA) is 52.9 Å². The van der Waals surface area contributed by atoms with Gasteiger partial charge in [-0.25, -0.2) is 0 Å². The quantitative estimate of drug-likeness (QED) is 0.742. The van der Waals surface area contributed by atoms with Crippen molar-refractivity contribution in [3.05, 3.63) is 70.8 Å². The highest BCUT2D eigenvalue weighted by molar-refractivity contribution is 6.32. The number of phenols is 1. The van der Waals surface area contributed by atoms with Gasteiger partial charge in [-0.1, -0.05) is 17.2 Å². The molecule has 1 aliphatic heterocycles. The lowest BCUT2D eigenvalue weighted by molar-refractivity contribution is -0.119. The number of carbonyl (C=O) groups excluding carboxylic acids is 1. The van der Waals surface area contributed by atoms with Crippen molar-refractivity contribution >= 4 is 28.9 Å². The molecule has 1 aliphatic rings. The number of hydrogen-bond donors (Lipinski definition) is 1. The average molecular weight is 383 g/mol. The number of phenolic OH excluding ortho intramolecular Hbond substituents is 1. The van der Waals surface area contributed by atoms with E-state index < -0.39 is 6.04 Å². The van der Waals surface area contributed by atoms with Gasteiger partial charge in [-0.05, 0) is 68.7 Å². The minimum atomic E-state index is -0.468. The van der Waals surface area contributed by atoms with Crippen LogP contribution in [0.15, 0.2) is 59.6 Å². The number of nitrogens with zero attached hydrogens (tertiary/aromatic N) is 2. The number of aromatic hydroxyl groups is 1. The van der Waals surface area contributed by atoms with E-state index in [-0.39, 0.29) is 11.7 Å². The summed E-state index contributed by atoms with van der Waals surface area (Å²) in [6, 6.07) is 11.8. The first-order valence-corrected chi connectivity index (χ1v) is 9.33. The molecule has 1 unspecified atom stereocenters. The first-order valence-electron chi connectivity index (χ1n) is 8.96. The van der Waals surface area contributed by atoms with Gasteiger partial charge in [0.2, 0.25) is 0 Å². The van der Waals surface area contributed by atoms with E-state index in [9.17, 15) is 9.90 Å². The van der Waals surface area contributed by atoms with Gasteiger partial charge in [0.1, 0.15) is 11.8 Å². The molecule has 4 nitrogen and oxygen atoms in total. The molecule has 5 heteroatoms. The van der Waals surface area contributed by atoms with Crippen molar-refractivity contribution < 1.29 is 9.90 Å². The number of carbonyl (C=O) groups is 1. The number of benzene rings is 2. The van der Waals surface area contributed by atoms with E-state index in [1.807, 2.05) is 19.1 Å². The second-order valence-corrected chi connectivity index (χ2v) is 7.38. The van der Waals surface area contributed by atoms with Crippen molar-refractivity contribution in [1.82, 2.24) is 0 Å². The number of benzodiazepines with no additional fused rings is 1. The molecular formula is C22H23ClN2O2. The van der Waals surface area contributed by atoms with Gasteiger partial charge in [-0.2, -0.15) is 0 Å². The standard InChI is InChI=1S/C22H23ClN2O2/c1-14(2)5-4-6-19-22(27)25(3)20-12-9-16(23)13-18(20)21(24-19)15-7-10-17(26)11-8-15/h7-13,19,26H,1,4-6H2,2-3H3. The molecule has 0 aliphatic carbocycles. The van der Waals surface area contributed by atoms with E-state index in [2.05, 4.69) is 6.58 Å². The Morgan fingerprint density at radius 1 is 1.26 bits per heavy atom. The summed E-state index contributed by atoms with van der Waals surface area (Å²) in [5, 5.41) is 10.2. The van der Waals surface area contributed by atoms with Crippen LogP contribution in [0.1, 0.15) is 37.3 Å². The van der Waals surface area contributed by atoms with Crippen LogP contribution in [0, 0.1) is 0 Å². The highest BCUT2D eigenvalue weighted by Crippen LogP contribution is 2.31. The number of hydrogen-bond acceptors (Lipinski definition) is 3. The Morgan fingerprint density at radius 2 is 1.96 bits per heavy atom. The molecule has 0 fully saturated rings. The molecule has 1 atom stereocenters. The Balaban J connectivity index is 2.09. The third kappa shape index (κ3) is 4.22. The first-order chi connectivity index (χ1) is 12.9. The second-order valence-electron chi connectivity index (χ2n) is 6.95. The molecule has 0 radical (unpaired) electrons. The molecule has 1 heterocycles. The average Bonchev–Trinajstić information content (AvgIpc) is 2.72. The van der Waals surface area contributed by atoms with Gasteiger partial charge in [0.25, 0.3) is 5.91 Å². The number of fused-ring (bicyclic) bond motifs is 1. The Kier molecular flexibility index (Phi) is 5.66. The van der Waals surface area contributed by atoms with Crippen LogP contribution in [0.2, 0.25) is 5.02 Å². The molecule has 0 spiro atoms. The van der Waals surface area contributed by atoms with E-state index in [0.29, 0.717) is 17.2 Å². The fourth-order valence-corrected chi connectivity index (χ4v) is 3.42. The highest BCUT2D eigenvalue weighted by atomic mass is 35.5. The largest absolute Gasteiger partial charge is 0.508 e. The zero-order valence-electron chi connectivity index (χ0n) is 15.6. The van der Waals surface area contributed by atoms with Crippen molar-refractivity contribution in [3.8, 4) is 5.75 Å². The zero-order valence-corrected chi connectivity index (χ0v) is 16.3. The third-order valence-corrected chi connectivity index (χ3v) is 4.93. The Labute approximate surface area is 164 Å². The smallest absolute Gasteiger partial charge is 0.251 e. The lowest BCUT2D eigenvalue weighted by Gasteiger charge is -2.20. The molecule has 3 rings (SSSR count). The Bertz CT molecular complexity index is 903. The van der Waals surface area contributed by atoms with Crippen molar-refractivity contribution in [2.75, 3.05) is 11.9 Å². The summed E-state index contributed by atoms with van der Waals surface area (Å²) in [6.07, 6.45) is 2.37. The summed E-state index contributed by atoms with van der Waals surface area (Å²) >= 11 is 6.24. The Hall–Kier alpha value is -2.59. The van der Waals surface area contributed by atoms with Crippen molar-refractivity contribution in [3.63, 3.8) is 0 Å². The molecule has 0 saturated carbocycles. The maximum atomic E-state index is 13.0. The van der Waals surface area contributed by atoms with Gasteiger partial charge >= 0.3 is 0 Å². The van der Waals surface area contributed by atoms with Crippen LogP contribution >= 0.6 is 11.6 Å². The minimum Gasteiger partial charge on any atom is -0.508 e. The van der Waals surface area contributed by atoms with Crippen molar-refractivity contribution in [2.45, 2.75) is 32.2 Å². The predicted molar refractivity (Wildman–Crippen MR) is 111 cm³/mol. The zero-order chi connectivity index (χ0) is 19.6. The first kappa shape index (κ1) is 19.2. The molecule has 140 valence electrons. The third-order valence-electron chi connectivity index (χ3n) is 4.70. The highest BCUT2D eigenvalue weighted by Gasteiger charge is 2.29. The maximum Gasteiger partial charge on any atom is 0.251 e. The van der Waals surface area contributed by atoms with Gasteiger partial charge < -0.3 is 10.0 Å². The lowest BCUT2D eigenvalue weighted by Crippen LogP contribution is -2.34. The van der Waals surface area contributed by atoms with Crippen molar-refractivity contribution in [2.24, 2.45) is 4.99 Å². The SMILES string of the molecule is C=C(C)CCCC1N=C(c2ccc(O)cc2)c2cc(Cl)ccc2N(C)C1=O. The number of halogens is 1. The molecule has 2 aromatic carbocycles. The number of likely N-dealkylation sites (N-methyl/N-ethyl adjacent to an activating group) is 1. The van der Waals surface area contributed by atoms with Crippen LogP contribution in [0.3, 0.4) is 0 Å². The van der Waals surface area contributed by atoms with Gasteiger partial charge in [-0.15, -0.1) is 6.58 Å². The molecule has 0 bridgehead atoms. The lowest BCUT2D eigenvalue weighted by atomic mass is 10.00. The number of allylic oxidation sites excluding steroid dienone is 1. The molecule has 2 aromatic rings. The maximum absolute atomic E-state index is 13.0. The van der Waals surface area contributed by atoms with E-state index >= 15 is 0 Å². The van der Waals surface area contributed by atoms with Crippen LogP contribution < -0.4 is 4.90 Å². The summed E-state index contributed by atoms with van der Waals surface area (Å²) < 4.78 is 0. The molecule has 27 heavy (non-hydrogen) atoms. The van der Waals surface area contributed by atoms with Crippen LogP contribution in [-0.4, -0.2) is 29.8 Å². The Morgan fingerprint density at radius 3 is 2.63 bits per heavy atom. The van der Waals surface area contributed by atoms with E-state index in [4.69, 9.17) is 16.6 Å². The van der Waals surface area contributed by atoms with E-state index in [0.717, 1.165) is 35.2 Å². The monoisotopic (exact) mass is 382 g/mol. The van der Waals surface area contributed by atoms with Gasteiger partial charge in [-0.3, -0.25) is 9.79 Å². The van der Waals surface area contributed by atoms with Gasteiger partial charge in [0.05, 0.1) is 11.4 Å². The number of amides is 1. The normalized spacial score (nSPS) is 16.6. The number of anilines is 1. The van der Waals surface area contributed by atoms with E-state index in [1.165, 1.54) is 0 Å². The van der Waals surface area contributed by atoms with E-state index in [1.54, 1.807) is 42.3 Å². The molecule has 1 amide bonds. The second kappa shape index (κ2) is 7.97. The van der Waals surface area contributed by atoms with Crippen molar-refractivity contribution in [1.29, 1.82) is 0 Å². The summed E-state index contributed by atoms with van der Waals surface area (Å²) in [4.78, 5) is 19.5. The molecule has 0 aromatic heterocycles. The summed E-state index contributed by atoms with van der Waals surface area (Å²) in [7, 11) is 1.77. The predicted octanol–water partition coefficient (Wildman–Crippen LogP) is 4.97. The number of aliphatic imine (C=N–C) groups is 1. The minimum absolute atomic E-state index is 0.0333. The summed E-state index contributed by atoms with van der Waals surface area (Å²) in [6.45, 7) is 5.92. The van der Waals surface area contributed by atoms with Crippen LogP contribution in [0.5, 0.6) is 5.75 Å². The summed E-state index contributed by atoms with van der Waals surface area (Å²) in [5.74, 6) is 0.152.